The van der Waals surface area contributed by atoms with Crippen LogP contribution in [0.25, 0.3) is 0 Å². The average molecular weight is 176 g/mol. The molecule has 0 aromatic rings. The minimum atomic E-state index is -1.06. The van der Waals surface area contributed by atoms with E-state index in [4.69, 9.17) is 0 Å². The summed E-state index contributed by atoms with van der Waals surface area (Å²) in [6.45, 7) is 3.33. The molecule has 0 heterocycles. The summed E-state index contributed by atoms with van der Waals surface area (Å²) >= 11 is 0. The molecule has 1 unspecified atom stereocenters. The van der Waals surface area contributed by atoms with Crippen LogP contribution < -0.4 is 0 Å². The summed E-state index contributed by atoms with van der Waals surface area (Å²) in [4.78, 5) is 10.8. The summed E-state index contributed by atoms with van der Waals surface area (Å²) in [6, 6.07) is 0. The maximum Gasteiger partial charge on any atom is 0.305 e. The van der Waals surface area contributed by atoms with Gasteiger partial charge in [0.05, 0.1) is 0 Å². The van der Waals surface area contributed by atoms with Crippen molar-refractivity contribution >= 4 is 5.97 Å². The maximum absolute atomic E-state index is 12.2. The van der Waals surface area contributed by atoms with E-state index in [1.165, 1.54) is 6.92 Å². The van der Waals surface area contributed by atoms with Crippen LogP contribution >= 0.6 is 0 Å². The standard InChI is InChI=1S/C9H17FO2/c1-3-4-5-6-9(11)12-7-8(2)10/h8H,3-7H2,1-2H3. The fourth-order valence-electron chi connectivity index (χ4n) is 0.799. The first kappa shape index (κ1) is 11.4. The highest BCUT2D eigenvalue weighted by Gasteiger charge is 2.04. The van der Waals surface area contributed by atoms with Crippen molar-refractivity contribution in [3.05, 3.63) is 0 Å². The van der Waals surface area contributed by atoms with Crippen LogP contribution in [0.15, 0.2) is 0 Å². The minimum absolute atomic E-state index is 0.106. The Morgan fingerprint density at radius 1 is 1.50 bits per heavy atom. The molecule has 0 N–H and O–H groups in total. The highest BCUT2D eigenvalue weighted by Crippen LogP contribution is 2.01. The highest BCUT2D eigenvalue weighted by molar-refractivity contribution is 5.69. The van der Waals surface area contributed by atoms with Crippen molar-refractivity contribution in [2.75, 3.05) is 6.61 Å². The molecule has 3 heteroatoms. The molecular weight excluding hydrogens is 159 g/mol. The van der Waals surface area contributed by atoms with Crippen LogP contribution in [-0.4, -0.2) is 18.7 Å². The van der Waals surface area contributed by atoms with E-state index in [1.807, 2.05) is 0 Å². The number of ether oxygens (including phenoxy) is 1. The molecular formula is C9H17FO2. The second-order valence-corrected chi connectivity index (χ2v) is 2.92. The average Bonchev–Trinajstić information content (AvgIpc) is 2.01. The fraction of sp³-hybridized carbons (Fsp3) is 0.889. The van der Waals surface area contributed by atoms with Crippen molar-refractivity contribution in [3.63, 3.8) is 0 Å². The van der Waals surface area contributed by atoms with E-state index in [2.05, 4.69) is 11.7 Å². The van der Waals surface area contributed by atoms with Crippen molar-refractivity contribution < 1.29 is 13.9 Å². The number of halogens is 1. The topological polar surface area (TPSA) is 26.3 Å². The molecule has 12 heavy (non-hydrogen) atoms. The van der Waals surface area contributed by atoms with E-state index >= 15 is 0 Å². The van der Waals surface area contributed by atoms with E-state index in [0.29, 0.717) is 6.42 Å². The van der Waals surface area contributed by atoms with Crippen molar-refractivity contribution in [3.8, 4) is 0 Å². The lowest BCUT2D eigenvalue weighted by molar-refractivity contribution is -0.145. The van der Waals surface area contributed by atoms with Crippen molar-refractivity contribution in [1.29, 1.82) is 0 Å². The van der Waals surface area contributed by atoms with E-state index in [1.54, 1.807) is 0 Å². The Kier molecular flexibility index (Phi) is 6.72. The summed E-state index contributed by atoms with van der Waals surface area (Å²) < 4.78 is 16.8. The second kappa shape index (κ2) is 7.07. The van der Waals surface area contributed by atoms with Gasteiger partial charge in [-0.25, -0.2) is 4.39 Å². The molecule has 0 saturated heterocycles. The SMILES string of the molecule is CCCCCC(=O)OCC(C)F. The Morgan fingerprint density at radius 2 is 2.17 bits per heavy atom. The van der Waals surface area contributed by atoms with Gasteiger partial charge in [0.15, 0.2) is 0 Å². The smallest absolute Gasteiger partial charge is 0.305 e. The fourth-order valence-corrected chi connectivity index (χ4v) is 0.799. The third-order valence-corrected chi connectivity index (χ3v) is 1.46. The number of carbonyl (C=O) groups excluding carboxylic acids is 1. The van der Waals surface area contributed by atoms with Gasteiger partial charge in [0, 0.05) is 6.42 Å². The Balaban J connectivity index is 3.22. The van der Waals surface area contributed by atoms with Gasteiger partial charge < -0.3 is 4.74 Å². The predicted molar refractivity (Wildman–Crippen MR) is 45.7 cm³/mol. The zero-order chi connectivity index (χ0) is 9.40. The molecule has 1 atom stereocenters. The summed E-state index contributed by atoms with van der Waals surface area (Å²) in [5, 5.41) is 0. The molecule has 0 aliphatic rings. The van der Waals surface area contributed by atoms with Gasteiger partial charge in [-0.1, -0.05) is 19.8 Å². The number of rotatable bonds is 6. The third-order valence-electron chi connectivity index (χ3n) is 1.46. The molecule has 0 spiro atoms. The molecule has 0 fully saturated rings. The third kappa shape index (κ3) is 7.51. The van der Waals surface area contributed by atoms with E-state index in [-0.39, 0.29) is 12.6 Å². The number of alkyl halides is 1. The summed E-state index contributed by atoms with van der Waals surface area (Å²) in [5.41, 5.74) is 0. The van der Waals surface area contributed by atoms with Gasteiger partial charge >= 0.3 is 5.97 Å². The molecule has 0 aliphatic heterocycles. The molecule has 0 aromatic heterocycles. The molecule has 0 rings (SSSR count). The zero-order valence-corrected chi connectivity index (χ0v) is 7.81. The lowest BCUT2D eigenvalue weighted by Crippen LogP contribution is -2.11. The molecule has 0 amide bonds. The van der Waals surface area contributed by atoms with Crippen LogP contribution in [-0.2, 0) is 9.53 Å². The van der Waals surface area contributed by atoms with Gasteiger partial charge in [-0.15, -0.1) is 0 Å². The summed E-state index contributed by atoms with van der Waals surface area (Å²) in [7, 11) is 0. The number of esters is 1. The van der Waals surface area contributed by atoms with Crippen LogP contribution in [0, 0.1) is 0 Å². The Labute approximate surface area is 73.1 Å². The maximum atomic E-state index is 12.2. The normalized spacial score (nSPS) is 12.6. The van der Waals surface area contributed by atoms with Crippen LogP contribution in [0.4, 0.5) is 4.39 Å². The number of carbonyl (C=O) groups is 1. The van der Waals surface area contributed by atoms with Gasteiger partial charge in [0.2, 0.25) is 0 Å². The first-order valence-corrected chi connectivity index (χ1v) is 4.46. The summed E-state index contributed by atoms with van der Waals surface area (Å²) in [6.07, 6.45) is 2.31. The van der Waals surface area contributed by atoms with Gasteiger partial charge in [0.1, 0.15) is 12.8 Å². The van der Waals surface area contributed by atoms with Gasteiger partial charge in [-0.05, 0) is 13.3 Å². The number of unbranched alkanes of at least 4 members (excludes halogenated alkanes) is 2. The minimum Gasteiger partial charge on any atom is -0.463 e. The van der Waals surface area contributed by atoms with Crippen molar-refractivity contribution in [2.45, 2.75) is 45.7 Å². The first-order chi connectivity index (χ1) is 5.66. The van der Waals surface area contributed by atoms with E-state index in [0.717, 1.165) is 19.3 Å². The Hall–Kier alpha value is -0.600. The van der Waals surface area contributed by atoms with E-state index < -0.39 is 6.17 Å². The predicted octanol–water partition coefficient (Wildman–Crippen LogP) is 2.47. The van der Waals surface area contributed by atoms with Gasteiger partial charge in [-0.3, -0.25) is 4.79 Å². The molecule has 72 valence electrons. The monoisotopic (exact) mass is 176 g/mol. The lowest BCUT2D eigenvalue weighted by Gasteiger charge is -2.04. The second-order valence-electron chi connectivity index (χ2n) is 2.92. The summed E-state index contributed by atoms with van der Waals surface area (Å²) in [5.74, 6) is -0.284. The van der Waals surface area contributed by atoms with Crippen LogP contribution in [0.3, 0.4) is 0 Å². The van der Waals surface area contributed by atoms with Gasteiger partial charge in [0.25, 0.3) is 0 Å². The zero-order valence-electron chi connectivity index (χ0n) is 7.81. The molecule has 0 aromatic carbocycles. The first-order valence-electron chi connectivity index (χ1n) is 4.46. The number of hydrogen-bond donors (Lipinski definition) is 0. The number of hydrogen-bond acceptors (Lipinski definition) is 2. The van der Waals surface area contributed by atoms with E-state index in [9.17, 15) is 9.18 Å². The van der Waals surface area contributed by atoms with Gasteiger partial charge in [-0.2, -0.15) is 0 Å². The van der Waals surface area contributed by atoms with Crippen molar-refractivity contribution in [1.82, 2.24) is 0 Å². The van der Waals surface area contributed by atoms with Crippen LogP contribution in [0.1, 0.15) is 39.5 Å². The Bertz CT molecular complexity index is 124. The molecule has 0 aliphatic carbocycles. The molecule has 0 saturated carbocycles. The van der Waals surface area contributed by atoms with Crippen LogP contribution in [0.5, 0.6) is 0 Å². The Morgan fingerprint density at radius 3 is 2.67 bits per heavy atom. The molecule has 2 nitrogen and oxygen atoms in total. The lowest BCUT2D eigenvalue weighted by atomic mass is 10.2. The van der Waals surface area contributed by atoms with Crippen molar-refractivity contribution in [2.24, 2.45) is 0 Å². The molecule has 0 bridgehead atoms. The van der Waals surface area contributed by atoms with Crippen LogP contribution in [0.2, 0.25) is 0 Å². The quantitative estimate of drug-likeness (QED) is 0.459. The highest BCUT2D eigenvalue weighted by atomic mass is 19.1. The molecule has 0 radical (unpaired) electrons. The largest absolute Gasteiger partial charge is 0.463 e.